The second kappa shape index (κ2) is 10.2. The Labute approximate surface area is 153 Å². The third-order valence-electron chi connectivity index (χ3n) is 3.79. The van der Waals surface area contributed by atoms with Gasteiger partial charge in [-0.3, -0.25) is 9.59 Å². The van der Waals surface area contributed by atoms with E-state index >= 15 is 0 Å². The average molecular weight is 356 g/mol. The Balaban J connectivity index is 1.58. The lowest BCUT2D eigenvalue weighted by Gasteiger charge is -2.13. The van der Waals surface area contributed by atoms with Gasteiger partial charge in [0.1, 0.15) is 5.75 Å². The van der Waals surface area contributed by atoms with Crippen LogP contribution in [0.15, 0.2) is 54.6 Å². The molecule has 2 aromatic carbocycles. The zero-order valence-electron chi connectivity index (χ0n) is 14.8. The molecule has 0 saturated carbocycles. The van der Waals surface area contributed by atoms with Gasteiger partial charge in [0, 0.05) is 18.7 Å². The Bertz CT molecular complexity index is 702. The molecule has 6 nitrogen and oxygen atoms in total. The highest BCUT2D eigenvalue weighted by Crippen LogP contribution is 2.15. The molecule has 0 aliphatic heterocycles. The minimum Gasteiger partial charge on any atom is -0.484 e. The van der Waals surface area contributed by atoms with Crippen LogP contribution in [0, 0.1) is 0 Å². The molecule has 26 heavy (non-hydrogen) atoms. The number of nitrogens with two attached hydrogens (primary N) is 1. The van der Waals surface area contributed by atoms with E-state index in [0.717, 1.165) is 12.0 Å². The number of amides is 2. The first-order valence-corrected chi connectivity index (χ1v) is 8.52. The Morgan fingerprint density at radius 2 is 1.77 bits per heavy atom. The van der Waals surface area contributed by atoms with E-state index in [1.165, 1.54) is 0 Å². The van der Waals surface area contributed by atoms with Crippen molar-refractivity contribution in [2.24, 2.45) is 5.73 Å². The lowest BCUT2D eigenvalue weighted by atomic mass is 10.1. The van der Waals surface area contributed by atoms with Crippen LogP contribution in [0.3, 0.4) is 0 Å². The highest BCUT2D eigenvalue weighted by atomic mass is 16.5. The van der Waals surface area contributed by atoms with Gasteiger partial charge in [-0.15, -0.1) is 0 Å². The van der Waals surface area contributed by atoms with Gasteiger partial charge in [0.25, 0.3) is 5.91 Å². The fourth-order valence-electron chi connectivity index (χ4n) is 2.30. The van der Waals surface area contributed by atoms with Crippen LogP contribution >= 0.6 is 0 Å². The van der Waals surface area contributed by atoms with E-state index in [4.69, 9.17) is 15.2 Å². The monoisotopic (exact) mass is 356 g/mol. The maximum atomic E-state index is 11.8. The topological polar surface area (TPSA) is 90.7 Å². The van der Waals surface area contributed by atoms with Crippen molar-refractivity contribution < 1.29 is 19.1 Å². The molecule has 0 heterocycles. The minimum atomic E-state index is -0.502. The van der Waals surface area contributed by atoms with Crippen LogP contribution in [0.4, 0.5) is 0 Å². The smallest absolute Gasteiger partial charge is 0.257 e. The number of hydrogen-bond donors (Lipinski definition) is 2. The summed E-state index contributed by atoms with van der Waals surface area (Å²) in [6.45, 7) is 3.00. The van der Waals surface area contributed by atoms with E-state index in [9.17, 15) is 9.59 Å². The fourth-order valence-corrected chi connectivity index (χ4v) is 2.30. The number of benzene rings is 2. The van der Waals surface area contributed by atoms with E-state index in [0.29, 0.717) is 24.5 Å². The van der Waals surface area contributed by atoms with Gasteiger partial charge in [0.2, 0.25) is 5.91 Å². The van der Waals surface area contributed by atoms with Crippen molar-refractivity contribution in [1.29, 1.82) is 0 Å². The summed E-state index contributed by atoms with van der Waals surface area (Å²) in [6, 6.07) is 16.3. The summed E-state index contributed by atoms with van der Waals surface area (Å²) in [5, 5.41) is 2.78. The molecule has 0 saturated heterocycles. The number of primary amides is 1. The summed E-state index contributed by atoms with van der Waals surface area (Å²) < 4.78 is 11.1. The quantitative estimate of drug-likeness (QED) is 0.640. The standard InChI is InChI=1S/C20H24N2O4/c1-15(16-6-3-2-4-7-16)25-13-5-12-22-19(23)14-26-18-10-8-17(9-11-18)20(21)24/h2-4,6-11,15H,5,12-14H2,1H3,(H2,21,24)(H,22,23). The highest BCUT2D eigenvalue weighted by Gasteiger charge is 2.06. The molecule has 0 fully saturated rings. The van der Waals surface area contributed by atoms with Gasteiger partial charge in [-0.05, 0) is 43.2 Å². The van der Waals surface area contributed by atoms with E-state index in [1.54, 1.807) is 24.3 Å². The van der Waals surface area contributed by atoms with Crippen molar-refractivity contribution in [3.8, 4) is 5.75 Å². The molecule has 0 aromatic heterocycles. The van der Waals surface area contributed by atoms with Crippen molar-refractivity contribution in [2.45, 2.75) is 19.4 Å². The average Bonchev–Trinajstić information content (AvgIpc) is 2.67. The third kappa shape index (κ3) is 6.57. The van der Waals surface area contributed by atoms with Crippen LogP contribution in [0.1, 0.15) is 35.4 Å². The molecule has 0 spiro atoms. The SMILES string of the molecule is CC(OCCCNC(=O)COc1ccc(C(N)=O)cc1)c1ccccc1. The van der Waals surface area contributed by atoms with Gasteiger partial charge in [-0.25, -0.2) is 0 Å². The van der Waals surface area contributed by atoms with Gasteiger partial charge < -0.3 is 20.5 Å². The summed E-state index contributed by atoms with van der Waals surface area (Å²) in [4.78, 5) is 22.7. The first-order chi connectivity index (χ1) is 12.6. The number of hydrogen-bond acceptors (Lipinski definition) is 4. The minimum absolute atomic E-state index is 0.0265. The molecule has 0 aliphatic rings. The van der Waals surface area contributed by atoms with E-state index in [1.807, 2.05) is 37.3 Å². The van der Waals surface area contributed by atoms with E-state index < -0.39 is 5.91 Å². The number of carbonyl (C=O) groups is 2. The maximum Gasteiger partial charge on any atom is 0.257 e. The third-order valence-corrected chi connectivity index (χ3v) is 3.79. The predicted octanol–water partition coefficient (Wildman–Crippen LogP) is 2.45. The Kier molecular flexibility index (Phi) is 7.64. The predicted molar refractivity (Wildman–Crippen MR) is 98.9 cm³/mol. The Hall–Kier alpha value is -2.86. The molecule has 0 bridgehead atoms. The van der Waals surface area contributed by atoms with Gasteiger partial charge in [-0.2, -0.15) is 0 Å². The highest BCUT2D eigenvalue weighted by molar-refractivity contribution is 5.92. The summed E-state index contributed by atoms with van der Waals surface area (Å²) in [6.07, 6.45) is 0.745. The second-order valence-electron chi connectivity index (χ2n) is 5.80. The van der Waals surface area contributed by atoms with Crippen molar-refractivity contribution in [3.63, 3.8) is 0 Å². The van der Waals surface area contributed by atoms with Crippen LogP contribution in [0.2, 0.25) is 0 Å². The summed E-state index contributed by atoms with van der Waals surface area (Å²) in [5.74, 6) is -0.205. The number of rotatable bonds is 10. The van der Waals surface area contributed by atoms with E-state index in [2.05, 4.69) is 5.32 Å². The molecular formula is C20H24N2O4. The Morgan fingerprint density at radius 1 is 1.08 bits per heavy atom. The Morgan fingerprint density at radius 3 is 2.42 bits per heavy atom. The zero-order valence-corrected chi connectivity index (χ0v) is 14.8. The molecule has 2 aromatic rings. The molecule has 6 heteroatoms. The summed E-state index contributed by atoms with van der Waals surface area (Å²) in [5.41, 5.74) is 6.69. The summed E-state index contributed by atoms with van der Waals surface area (Å²) in [7, 11) is 0. The van der Waals surface area contributed by atoms with Crippen molar-refractivity contribution in [2.75, 3.05) is 19.8 Å². The second-order valence-corrected chi connectivity index (χ2v) is 5.80. The molecule has 0 aliphatic carbocycles. The summed E-state index contributed by atoms with van der Waals surface area (Å²) >= 11 is 0. The fraction of sp³-hybridized carbons (Fsp3) is 0.300. The van der Waals surface area contributed by atoms with Gasteiger partial charge in [-0.1, -0.05) is 30.3 Å². The van der Waals surface area contributed by atoms with Crippen LogP contribution in [-0.4, -0.2) is 31.6 Å². The maximum absolute atomic E-state index is 11.8. The van der Waals surface area contributed by atoms with Crippen molar-refractivity contribution >= 4 is 11.8 Å². The van der Waals surface area contributed by atoms with Crippen LogP contribution in [-0.2, 0) is 9.53 Å². The molecule has 2 rings (SSSR count). The number of carbonyl (C=O) groups excluding carboxylic acids is 2. The van der Waals surface area contributed by atoms with Crippen molar-refractivity contribution in [3.05, 3.63) is 65.7 Å². The molecule has 0 radical (unpaired) electrons. The van der Waals surface area contributed by atoms with Gasteiger partial charge >= 0.3 is 0 Å². The van der Waals surface area contributed by atoms with E-state index in [-0.39, 0.29) is 18.6 Å². The molecule has 1 atom stereocenters. The molecule has 138 valence electrons. The largest absolute Gasteiger partial charge is 0.484 e. The lowest BCUT2D eigenvalue weighted by Crippen LogP contribution is -2.30. The number of nitrogens with one attached hydrogen (secondary N) is 1. The molecular weight excluding hydrogens is 332 g/mol. The first-order valence-electron chi connectivity index (χ1n) is 8.52. The lowest BCUT2D eigenvalue weighted by molar-refractivity contribution is -0.123. The van der Waals surface area contributed by atoms with Crippen LogP contribution in [0.5, 0.6) is 5.75 Å². The number of ether oxygens (including phenoxy) is 2. The first kappa shape index (κ1) is 19.5. The van der Waals surface area contributed by atoms with Gasteiger partial charge in [0.05, 0.1) is 6.10 Å². The normalized spacial score (nSPS) is 11.6. The zero-order chi connectivity index (χ0) is 18.8. The molecule has 2 amide bonds. The molecule has 3 N–H and O–H groups in total. The van der Waals surface area contributed by atoms with Gasteiger partial charge in [0.15, 0.2) is 6.61 Å². The molecule has 1 unspecified atom stereocenters. The van der Waals surface area contributed by atoms with Crippen LogP contribution in [0.25, 0.3) is 0 Å². The van der Waals surface area contributed by atoms with Crippen LogP contribution < -0.4 is 15.8 Å². The van der Waals surface area contributed by atoms with Crippen molar-refractivity contribution in [1.82, 2.24) is 5.32 Å².